The summed E-state index contributed by atoms with van der Waals surface area (Å²) in [6, 6.07) is 9.92. The highest BCUT2D eigenvalue weighted by atomic mass is 16.5. The second kappa shape index (κ2) is 9.64. The van der Waals surface area contributed by atoms with E-state index in [4.69, 9.17) is 9.47 Å². The number of hydrogen-bond acceptors (Lipinski definition) is 6. The Balaban J connectivity index is 2.22. The van der Waals surface area contributed by atoms with Crippen molar-refractivity contribution >= 4 is 17.8 Å². The van der Waals surface area contributed by atoms with Crippen LogP contribution in [0.2, 0.25) is 0 Å². The van der Waals surface area contributed by atoms with Gasteiger partial charge in [0.25, 0.3) is 5.91 Å². The molecule has 0 saturated heterocycles. The maximum Gasteiger partial charge on any atom is 0.339 e. The average molecular weight is 384 g/mol. The predicted octanol–water partition coefficient (Wildman–Crippen LogP) is 2.91. The summed E-state index contributed by atoms with van der Waals surface area (Å²) in [4.78, 5) is 40.5. The standard InChI is InChI=1S/C21H24N2O5/c1-5-28-21(26)16-10-11-17(22-14(16)3)20(25)23-18(12-19(24)27-4)15-8-6-13(2)7-9-15/h6-11,18H,5,12H2,1-4H3,(H,23,25). The molecule has 148 valence electrons. The second-order valence-electron chi connectivity index (χ2n) is 6.27. The van der Waals surface area contributed by atoms with Crippen molar-refractivity contribution in [1.29, 1.82) is 0 Å². The smallest absolute Gasteiger partial charge is 0.339 e. The van der Waals surface area contributed by atoms with Gasteiger partial charge in [-0.1, -0.05) is 29.8 Å². The number of carbonyl (C=O) groups excluding carboxylic acids is 3. The fraction of sp³-hybridized carbons (Fsp3) is 0.333. The highest BCUT2D eigenvalue weighted by Crippen LogP contribution is 2.19. The first-order chi connectivity index (χ1) is 13.3. The van der Waals surface area contributed by atoms with Crippen LogP contribution in [0.4, 0.5) is 0 Å². The minimum atomic E-state index is -0.563. The molecule has 0 aliphatic carbocycles. The molecule has 0 saturated carbocycles. The van der Waals surface area contributed by atoms with Crippen molar-refractivity contribution in [3.63, 3.8) is 0 Å². The molecule has 1 aromatic heterocycles. The number of carbonyl (C=O) groups is 3. The summed E-state index contributed by atoms with van der Waals surface area (Å²) < 4.78 is 9.71. The summed E-state index contributed by atoms with van der Waals surface area (Å²) in [5.74, 6) is -1.37. The monoisotopic (exact) mass is 384 g/mol. The highest BCUT2D eigenvalue weighted by Gasteiger charge is 2.21. The van der Waals surface area contributed by atoms with Gasteiger partial charge in [-0.25, -0.2) is 9.78 Å². The number of benzene rings is 1. The zero-order valence-electron chi connectivity index (χ0n) is 16.4. The molecular formula is C21H24N2O5. The summed E-state index contributed by atoms with van der Waals surface area (Å²) in [6.07, 6.45) is -0.00874. The Bertz CT molecular complexity index is 862. The van der Waals surface area contributed by atoms with Crippen LogP contribution < -0.4 is 5.32 Å². The van der Waals surface area contributed by atoms with Crippen LogP contribution in [-0.2, 0) is 14.3 Å². The van der Waals surface area contributed by atoms with Crippen LogP contribution in [0.3, 0.4) is 0 Å². The van der Waals surface area contributed by atoms with Gasteiger partial charge in [0.15, 0.2) is 0 Å². The molecule has 28 heavy (non-hydrogen) atoms. The molecule has 1 aromatic carbocycles. The summed E-state index contributed by atoms with van der Waals surface area (Å²) >= 11 is 0. The molecule has 2 aromatic rings. The first-order valence-electron chi connectivity index (χ1n) is 8.94. The highest BCUT2D eigenvalue weighted by molar-refractivity contribution is 5.95. The fourth-order valence-corrected chi connectivity index (χ4v) is 2.65. The number of methoxy groups -OCH3 is 1. The lowest BCUT2D eigenvalue weighted by Gasteiger charge is -2.18. The van der Waals surface area contributed by atoms with Gasteiger partial charge in [0.05, 0.1) is 37.4 Å². The largest absolute Gasteiger partial charge is 0.469 e. The van der Waals surface area contributed by atoms with Crippen molar-refractivity contribution in [2.75, 3.05) is 13.7 Å². The lowest BCUT2D eigenvalue weighted by molar-refractivity contribution is -0.141. The van der Waals surface area contributed by atoms with E-state index in [0.29, 0.717) is 11.3 Å². The van der Waals surface area contributed by atoms with Gasteiger partial charge in [0.2, 0.25) is 0 Å². The molecule has 1 heterocycles. The van der Waals surface area contributed by atoms with Crippen LogP contribution in [0.5, 0.6) is 0 Å². The number of amides is 1. The molecule has 1 N–H and O–H groups in total. The lowest BCUT2D eigenvalue weighted by atomic mass is 10.0. The van der Waals surface area contributed by atoms with E-state index in [1.54, 1.807) is 13.8 Å². The van der Waals surface area contributed by atoms with Crippen molar-refractivity contribution in [3.05, 3.63) is 64.5 Å². The van der Waals surface area contributed by atoms with Gasteiger partial charge < -0.3 is 14.8 Å². The Morgan fingerprint density at radius 2 is 1.75 bits per heavy atom. The number of nitrogens with zero attached hydrogens (tertiary/aromatic N) is 1. The first kappa shape index (κ1) is 21.1. The summed E-state index contributed by atoms with van der Waals surface area (Å²) in [5, 5.41) is 2.82. The maximum absolute atomic E-state index is 12.7. The fourth-order valence-electron chi connectivity index (χ4n) is 2.65. The molecule has 0 aliphatic heterocycles. The number of hydrogen-bond donors (Lipinski definition) is 1. The Hall–Kier alpha value is -3.22. The minimum Gasteiger partial charge on any atom is -0.469 e. The van der Waals surface area contributed by atoms with E-state index in [-0.39, 0.29) is 18.7 Å². The third kappa shape index (κ3) is 5.39. The Labute approximate surface area is 164 Å². The summed E-state index contributed by atoms with van der Waals surface area (Å²) in [6.45, 7) is 5.56. The van der Waals surface area contributed by atoms with Gasteiger partial charge in [-0.2, -0.15) is 0 Å². The van der Waals surface area contributed by atoms with Crippen molar-refractivity contribution in [2.45, 2.75) is 33.2 Å². The van der Waals surface area contributed by atoms with E-state index >= 15 is 0 Å². The van der Waals surface area contributed by atoms with Crippen LogP contribution >= 0.6 is 0 Å². The minimum absolute atomic E-state index is 0.00874. The molecule has 0 fully saturated rings. The third-order valence-corrected chi connectivity index (χ3v) is 4.20. The summed E-state index contributed by atoms with van der Waals surface area (Å²) in [5.41, 5.74) is 2.70. The van der Waals surface area contributed by atoms with Gasteiger partial charge in [-0.3, -0.25) is 9.59 Å². The van der Waals surface area contributed by atoms with Crippen LogP contribution in [0.15, 0.2) is 36.4 Å². The molecule has 2 rings (SSSR count). The number of pyridine rings is 1. The molecule has 1 unspecified atom stereocenters. The quantitative estimate of drug-likeness (QED) is 0.738. The van der Waals surface area contributed by atoms with Gasteiger partial charge in [-0.05, 0) is 38.5 Å². The number of ether oxygens (including phenoxy) is 2. The number of aryl methyl sites for hydroxylation is 2. The molecule has 0 radical (unpaired) electrons. The normalized spacial score (nSPS) is 11.4. The molecule has 7 nitrogen and oxygen atoms in total. The number of nitrogens with one attached hydrogen (secondary N) is 1. The van der Waals surface area contributed by atoms with E-state index in [2.05, 4.69) is 10.3 Å². The molecule has 0 aliphatic rings. The number of rotatable bonds is 7. The molecule has 0 spiro atoms. The molecule has 1 amide bonds. The van der Waals surface area contributed by atoms with Gasteiger partial charge >= 0.3 is 11.9 Å². The van der Waals surface area contributed by atoms with Crippen LogP contribution in [-0.4, -0.2) is 36.5 Å². The lowest BCUT2D eigenvalue weighted by Crippen LogP contribution is -2.31. The van der Waals surface area contributed by atoms with Gasteiger partial charge in [0.1, 0.15) is 5.69 Å². The van der Waals surface area contributed by atoms with Crippen molar-refractivity contribution < 1.29 is 23.9 Å². The molecular weight excluding hydrogens is 360 g/mol. The average Bonchev–Trinajstić information content (AvgIpc) is 2.67. The number of esters is 2. The van der Waals surface area contributed by atoms with Crippen LogP contribution in [0, 0.1) is 13.8 Å². The molecule has 7 heteroatoms. The Kier molecular flexibility index (Phi) is 7.26. The topological polar surface area (TPSA) is 94.6 Å². The van der Waals surface area contributed by atoms with Crippen molar-refractivity contribution in [1.82, 2.24) is 10.3 Å². The number of aromatic nitrogens is 1. The van der Waals surface area contributed by atoms with Crippen LogP contribution in [0.1, 0.15) is 57.1 Å². The molecule has 0 bridgehead atoms. The Morgan fingerprint density at radius 3 is 2.32 bits per heavy atom. The predicted molar refractivity (Wildman–Crippen MR) is 103 cm³/mol. The van der Waals surface area contributed by atoms with E-state index in [1.807, 2.05) is 31.2 Å². The summed E-state index contributed by atoms with van der Waals surface area (Å²) in [7, 11) is 1.30. The second-order valence-corrected chi connectivity index (χ2v) is 6.27. The zero-order valence-corrected chi connectivity index (χ0v) is 16.4. The zero-order chi connectivity index (χ0) is 20.7. The SMILES string of the molecule is CCOC(=O)c1ccc(C(=O)NC(CC(=O)OC)c2ccc(C)cc2)nc1C. The van der Waals surface area contributed by atoms with Gasteiger partial charge in [-0.15, -0.1) is 0 Å². The van der Waals surface area contributed by atoms with E-state index in [0.717, 1.165) is 11.1 Å². The van der Waals surface area contributed by atoms with E-state index in [1.165, 1.54) is 19.2 Å². The van der Waals surface area contributed by atoms with Crippen LogP contribution in [0.25, 0.3) is 0 Å². The third-order valence-electron chi connectivity index (χ3n) is 4.20. The maximum atomic E-state index is 12.7. The first-order valence-corrected chi connectivity index (χ1v) is 8.94. The van der Waals surface area contributed by atoms with E-state index in [9.17, 15) is 14.4 Å². The van der Waals surface area contributed by atoms with Gasteiger partial charge in [0, 0.05) is 0 Å². The van der Waals surface area contributed by atoms with E-state index < -0.39 is 23.9 Å². The van der Waals surface area contributed by atoms with Crippen molar-refractivity contribution in [3.8, 4) is 0 Å². The van der Waals surface area contributed by atoms with Crippen molar-refractivity contribution in [2.24, 2.45) is 0 Å². The molecule has 1 atom stereocenters. The Morgan fingerprint density at radius 1 is 1.07 bits per heavy atom.